The minimum atomic E-state index is -0.216. The number of nitrogens with one attached hydrogen (secondary N) is 3. The van der Waals surface area contributed by atoms with Crippen LogP contribution in [0.25, 0.3) is 0 Å². The van der Waals surface area contributed by atoms with Crippen LogP contribution in [0.4, 0.5) is 0 Å². The molecule has 6 nitrogen and oxygen atoms in total. The van der Waals surface area contributed by atoms with E-state index in [2.05, 4.69) is 39.9 Å². The van der Waals surface area contributed by atoms with E-state index < -0.39 is 0 Å². The number of hydrogen-bond acceptors (Lipinski definition) is 3. The minimum Gasteiger partial charge on any atom is -0.355 e. The molecule has 0 bridgehead atoms. The van der Waals surface area contributed by atoms with E-state index in [0.717, 1.165) is 12.5 Å². The van der Waals surface area contributed by atoms with Crippen molar-refractivity contribution >= 4 is 11.9 Å². The number of likely N-dealkylation sites (N-methyl/N-ethyl adjacent to an activating group) is 1. The van der Waals surface area contributed by atoms with Crippen LogP contribution in [0, 0.1) is 5.92 Å². The van der Waals surface area contributed by atoms with Gasteiger partial charge in [0.2, 0.25) is 5.91 Å². The largest absolute Gasteiger partial charge is 0.355 e. The molecule has 0 spiro atoms. The van der Waals surface area contributed by atoms with Crippen LogP contribution in [0.2, 0.25) is 0 Å². The van der Waals surface area contributed by atoms with Crippen molar-refractivity contribution in [1.29, 1.82) is 0 Å². The molecular formula is C18H37N5O. The van der Waals surface area contributed by atoms with Crippen molar-refractivity contribution < 1.29 is 4.79 Å². The Balaban J connectivity index is 2.44. The van der Waals surface area contributed by atoms with Gasteiger partial charge in [-0.3, -0.25) is 9.79 Å². The first-order valence-corrected chi connectivity index (χ1v) is 9.15. The van der Waals surface area contributed by atoms with Crippen LogP contribution in [0.15, 0.2) is 4.99 Å². The quantitative estimate of drug-likeness (QED) is 0.508. The van der Waals surface area contributed by atoms with Gasteiger partial charge in [0, 0.05) is 25.2 Å². The number of amides is 1. The topological polar surface area (TPSA) is 68.8 Å². The second-order valence-corrected chi connectivity index (χ2v) is 8.03. The van der Waals surface area contributed by atoms with Crippen LogP contribution in [0.5, 0.6) is 0 Å². The molecule has 1 atom stereocenters. The summed E-state index contributed by atoms with van der Waals surface area (Å²) in [6, 6.07) is 0.493. The van der Waals surface area contributed by atoms with Crippen molar-refractivity contribution in [2.24, 2.45) is 10.9 Å². The Labute approximate surface area is 147 Å². The molecule has 1 fully saturated rings. The molecule has 0 radical (unpaired) electrons. The summed E-state index contributed by atoms with van der Waals surface area (Å²) in [4.78, 5) is 18.4. The summed E-state index contributed by atoms with van der Waals surface area (Å²) in [5, 5.41) is 9.42. The molecule has 1 unspecified atom stereocenters. The van der Waals surface area contributed by atoms with Gasteiger partial charge in [0.25, 0.3) is 0 Å². The fraction of sp³-hybridized carbons (Fsp3) is 0.889. The first-order chi connectivity index (χ1) is 11.2. The molecule has 1 amide bonds. The fourth-order valence-corrected chi connectivity index (χ4v) is 3.34. The number of aliphatic imine (C=N–C) groups is 1. The first-order valence-electron chi connectivity index (χ1n) is 9.15. The maximum absolute atomic E-state index is 11.9. The molecule has 1 aliphatic carbocycles. The monoisotopic (exact) mass is 339 g/mol. The van der Waals surface area contributed by atoms with Gasteiger partial charge in [-0.15, -0.1) is 0 Å². The van der Waals surface area contributed by atoms with Gasteiger partial charge in [0.05, 0.1) is 6.54 Å². The molecule has 1 aliphatic rings. The zero-order chi connectivity index (χ0) is 18.2. The molecule has 3 N–H and O–H groups in total. The third-order valence-electron chi connectivity index (χ3n) is 4.49. The maximum Gasteiger partial charge on any atom is 0.239 e. The van der Waals surface area contributed by atoms with Gasteiger partial charge in [-0.25, -0.2) is 0 Å². The van der Waals surface area contributed by atoms with E-state index in [1.54, 1.807) is 7.05 Å². The summed E-state index contributed by atoms with van der Waals surface area (Å²) >= 11 is 0. The highest BCUT2D eigenvalue weighted by atomic mass is 16.2. The van der Waals surface area contributed by atoms with Crippen LogP contribution < -0.4 is 16.0 Å². The van der Waals surface area contributed by atoms with E-state index in [-0.39, 0.29) is 18.0 Å². The van der Waals surface area contributed by atoms with E-state index in [1.165, 1.54) is 32.1 Å². The Kier molecular flexibility index (Phi) is 8.53. The van der Waals surface area contributed by atoms with Gasteiger partial charge >= 0.3 is 0 Å². The molecule has 0 saturated heterocycles. The highest BCUT2D eigenvalue weighted by molar-refractivity contribution is 5.86. The molecule has 6 heteroatoms. The molecular weight excluding hydrogens is 302 g/mol. The average molecular weight is 340 g/mol. The van der Waals surface area contributed by atoms with E-state index in [9.17, 15) is 4.79 Å². The number of nitrogens with zero attached hydrogens (tertiary/aromatic N) is 2. The van der Waals surface area contributed by atoms with E-state index in [4.69, 9.17) is 0 Å². The predicted molar refractivity (Wildman–Crippen MR) is 101 cm³/mol. The van der Waals surface area contributed by atoms with Crippen molar-refractivity contribution in [3.8, 4) is 0 Å². The number of guanidine groups is 1. The summed E-state index contributed by atoms with van der Waals surface area (Å²) in [5.41, 5.74) is -0.216. The molecule has 0 aromatic rings. The first kappa shape index (κ1) is 20.7. The van der Waals surface area contributed by atoms with Gasteiger partial charge in [-0.1, -0.05) is 19.3 Å². The lowest BCUT2D eigenvalue weighted by molar-refractivity contribution is -0.121. The van der Waals surface area contributed by atoms with E-state index >= 15 is 0 Å². The Hall–Kier alpha value is -1.30. The number of hydrogen-bond donors (Lipinski definition) is 3. The Bertz CT molecular complexity index is 408. The van der Waals surface area contributed by atoms with Crippen molar-refractivity contribution in [1.82, 2.24) is 20.9 Å². The highest BCUT2D eigenvalue weighted by Crippen LogP contribution is 2.27. The van der Waals surface area contributed by atoms with Gasteiger partial charge in [0.1, 0.15) is 0 Å². The molecule has 24 heavy (non-hydrogen) atoms. The summed E-state index contributed by atoms with van der Waals surface area (Å²) in [5.74, 6) is 1.40. The Morgan fingerprint density at radius 2 is 1.79 bits per heavy atom. The van der Waals surface area contributed by atoms with Crippen LogP contribution in [0.3, 0.4) is 0 Å². The molecule has 1 saturated carbocycles. The standard InChI is InChI=1S/C18H37N5O/c1-18(2,3)22-16(24)13-21-17(19-4)20-12-15(23(5)6)14-10-8-7-9-11-14/h14-15H,7-13H2,1-6H3,(H,22,24)(H2,19,20,21). The SMILES string of the molecule is CN=C(NCC(=O)NC(C)(C)C)NCC(C1CCCCC1)N(C)C. The van der Waals surface area contributed by atoms with Crippen molar-refractivity contribution in [2.75, 3.05) is 34.2 Å². The summed E-state index contributed by atoms with van der Waals surface area (Å²) in [7, 11) is 6.03. The lowest BCUT2D eigenvalue weighted by atomic mass is 9.83. The lowest BCUT2D eigenvalue weighted by Crippen LogP contribution is -2.51. The predicted octanol–water partition coefficient (Wildman–Crippen LogP) is 1.58. The number of carbonyl (C=O) groups excluding carboxylic acids is 1. The maximum atomic E-state index is 11.9. The second kappa shape index (κ2) is 9.87. The van der Waals surface area contributed by atoms with Crippen LogP contribution in [-0.4, -0.2) is 62.6 Å². The van der Waals surface area contributed by atoms with Crippen LogP contribution in [0.1, 0.15) is 52.9 Å². The summed E-state index contributed by atoms with van der Waals surface area (Å²) < 4.78 is 0. The Morgan fingerprint density at radius 1 is 1.17 bits per heavy atom. The fourth-order valence-electron chi connectivity index (χ4n) is 3.34. The van der Waals surface area contributed by atoms with Crippen molar-refractivity contribution in [2.45, 2.75) is 64.5 Å². The van der Waals surface area contributed by atoms with Crippen LogP contribution >= 0.6 is 0 Å². The molecule has 140 valence electrons. The van der Waals surface area contributed by atoms with Gasteiger partial charge < -0.3 is 20.9 Å². The van der Waals surface area contributed by atoms with Gasteiger partial charge in [0.15, 0.2) is 5.96 Å². The van der Waals surface area contributed by atoms with Crippen molar-refractivity contribution in [3.63, 3.8) is 0 Å². The number of rotatable bonds is 6. The normalized spacial score (nSPS) is 18.4. The zero-order valence-corrected chi connectivity index (χ0v) is 16.4. The third kappa shape index (κ3) is 7.99. The Morgan fingerprint density at radius 3 is 2.29 bits per heavy atom. The van der Waals surface area contributed by atoms with E-state index in [0.29, 0.717) is 12.0 Å². The van der Waals surface area contributed by atoms with E-state index in [1.807, 2.05) is 20.8 Å². The smallest absolute Gasteiger partial charge is 0.239 e. The second-order valence-electron chi connectivity index (χ2n) is 8.03. The molecule has 0 aliphatic heterocycles. The number of carbonyl (C=O) groups is 1. The van der Waals surface area contributed by atoms with Crippen LogP contribution in [-0.2, 0) is 4.79 Å². The minimum absolute atomic E-state index is 0.0260. The van der Waals surface area contributed by atoms with Crippen molar-refractivity contribution in [3.05, 3.63) is 0 Å². The molecule has 1 rings (SSSR count). The van der Waals surface area contributed by atoms with Gasteiger partial charge in [-0.05, 0) is 53.6 Å². The average Bonchev–Trinajstić information content (AvgIpc) is 2.49. The summed E-state index contributed by atoms with van der Waals surface area (Å²) in [6.45, 7) is 7.00. The molecule has 0 aromatic carbocycles. The molecule has 0 heterocycles. The lowest BCUT2D eigenvalue weighted by Gasteiger charge is -2.35. The molecule has 0 aromatic heterocycles. The summed E-state index contributed by atoms with van der Waals surface area (Å²) in [6.07, 6.45) is 6.68. The zero-order valence-electron chi connectivity index (χ0n) is 16.4. The van der Waals surface area contributed by atoms with Gasteiger partial charge in [-0.2, -0.15) is 0 Å². The third-order valence-corrected chi connectivity index (χ3v) is 4.49. The highest BCUT2D eigenvalue weighted by Gasteiger charge is 2.25.